The lowest BCUT2D eigenvalue weighted by atomic mass is 9.44. The van der Waals surface area contributed by atoms with Gasteiger partial charge in [0.25, 0.3) is 0 Å². The Morgan fingerprint density at radius 3 is 2.14 bits per heavy atom. The van der Waals surface area contributed by atoms with Gasteiger partial charge in [-0.2, -0.15) is 0 Å². The molecule has 0 radical (unpaired) electrons. The standard InChI is InChI=1S/C31H52O4/c1-19(2)9-8-10-20(3)25-13-14-26-24-12-11-23-17-28(34-21(4)32)29(35-22(5)33)18-31(23,7)27(24)15-16-30(25,26)6/h19-20,23-29H,8-18H2,1-7H3/t20-,23+,24-,25-,26+,27+,28-,29-,30+,31+/m1/s1. The van der Waals surface area contributed by atoms with Crippen LogP contribution in [0.3, 0.4) is 0 Å². The number of hydrogen-bond acceptors (Lipinski definition) is 4. The smallest absolute Gasteiger partial charge is 0.303 e. The minimum atomic E-state index is -0.304. The fourth-order valence-electron chi connectivity index (χ4n) is 9.93. The molecule has 10 atom stereocenters. The highest BCUT2D eigenvalue weighted by atomic mass is 16.6. The molecule has 0 saturated heterocycles. The molecule has 200 valence electrons. The van der Waals surface area contributed by atoms with Crippen LogP contribution in [0.5, 0.6) is 0 Å². The Bertz CT molecular complexity index is 776. The van der Waals surface area contributed by atoms with E-state index in [2.05, 4.69) is 34.6 Å². The van der Waals surface area contributed by atoms with Gasteiger partial charge in [0.2, 0.25) is 0 Å². The highest BCUT2D eigenvalue weighted by molar-refractivity contribution is 5.67. The largest absolute Gasteiger partial charge is 0.459 e. The Balaban J connectivity index is 1.50. The molecule has 4 fully saturated rings. The van der Waals surface area contributed by atoms with Gasteiger partial charge in [0, 0.05) is 13.8 Å². The average molecular weight is 489 g/mol. The lowest BCUT2D eigenvalue weighted by Gasteiger charge is -2.62. The molecule has 4 aliphatic rings. The Morgan fingerprint density at radius 1 is 0.829 bits per heavy atom. The van der Waals surface area contributed by atoms with Gasteiger partial charge in [-0.3, -0.25) is 9.59 Å². The van der Waals surface area contributed by atoms with Crippen molar-refractivity contribution in [3.05, 3.63) is 0 Å². The van der Waals surface area contributed by atoms with Crippen LogP contribution in [0.25, 0.3) is 0 Å². The molecular formula is C31H52O4. The zero-order valence-electron chi connectivity index (χ0n) is 23.6. The fourth-order valence-corrected chi connectivity index (χ4v) is 9.93. The second-order valence-corrected chi connectivity index (χ2v) is 13.9. The minimum absolute atomic E-state index is 0.169. The van der Waals surface area contributed by atoms with Crippen LogP contribution in [0.2, 0.25) is 0 Å². The summed E-state index contributed by atoms with van der Waals surface area (Å²) in [4.78, 5) is 23.7. The summed E-state index contributed by atoms with van der Waals surface area (Å²) in [5, 5.41) is 0. The Labute approximate surface area is 214 Å². The molecule has 0 aromatic heterocycles. The summed E-state index contributed by atoms with van der Waals surface area (Å²) in [6.07, 6.45) is 13.3. The van der Waals surface area contributed by atoms with Gasteiger partial charge in [-0.15, -0.1) is 0 Å². The van der Waals surface area contributed by atoms with Gasteiger partial charge in [-0.1, -0.05) is 53.9 Å². The zero-order valence-corrected chi connectivity index (χ0v) is 23.6. The zero-order chi connectivity index (χ0) is 25.5. The van der Waals surface area contributed by atoms with E-state index < -0.39 is 0 Å². The van der Waals surface area contributed by atoms with Crippen LogP contribution in [0.4, 0.5) is 0 Å². The average Bonchev–Trinajstić information content (AvgIpc) is 3.10. The molecule has 0 N–H and O–H groups in total. The van der Waals surface area contributed by atoms with Crippen LogP contribution in [0, 0.1) is 52.3 Å². The van der Waals surface area contributed by atoms with Gasteiger partial charge in [-0.25, -0.2) is 0 Å². The van der Waals surface area contributed by atoms with Crippen LogP contribution < -0.4 is 0 Å². The Hall–Kier alpha value is -1.06. The number of carbonyl (C=O) groups excluding carboxylic acids is 2. The monoisotopic (exact) mass is 488 g/mol. The number of fused-ring (bicyclic) bond motifs is 5. The molecule has 4 rings (SSSR count). The number of hydrogen-bond donors (Lipinski definition) is 0. The molecule has 0 aromatic carbocycles. The fraction of sp³-hybridized carbons (Fsp3) is 0.935. The maximum Gasteiger partial charge on any atom is 0.303 e. The third kappa shape index (κ3) is 5.19. The third-order valence-corrected chi connectivity index (χ3v) is 11.5. The van der Waals surface area contributed by atoms with Crippen LogP contribution in [0.1, 0.15) is 119 Å². The predicted octanol–water partition coefficient (Wildman–Crippen LogP) is 7.58. The molecule has 0 aliphatic heterocycles. The molecule has 4 saturated carbocycles. The molecule has 0 amide bonds. The van der Waals surface area contributed by atoms with Gasteiger partial charge in [0.05, 0.1) is 0 Å². The Kier molecular flexibility index (Phi) is 7.99. The van der Waals surface area contributed by atoms with E-state index in [4.69, 9.17) is 9.47 Å². The van der Waals surface area contributed by atoms with E-state index >= 15 is 0 Å². The summed E-state index contributed by atoms with van der Waals surface area (Å²) < 4.78 is 11.5. The van der Waals surface area contributed by atoms with Crippen molar-refractivity contribution in [2.75, 3.05) is 0 Å². The predicted molar refractivity (Wildman–Crippen MR) is 140 cm³/mol. The van der Waals surface area contributed by atoms with E-state index in [1.165, 1.54) is 71.6 Å². The summed E-state index contributed by atoms with van der Waals surface area (Å²) in [6, 6.07) is 0. The summed E-state index contributed by atoms with van der Waals surface area (Å²) in [5.41, 5.74) is 0.661. The number of rotatable bonds is 7. The van der Waals surface area contributed by atoms with E-state index in [9.17, 15) is 9.59 Å². The molecular weight excluding hydrogens is 436 g/mol. The normalized spacial score (nSPS) is 43.6. The van der Waals surface area contributed by atoms with E-state index in [0.29, 0.717) is 17.3 Å². The van der Waals surface area contributed by atoms with Crippen LogP contribution >= 0.6 is 0 Å². The summed E-state index contributed by atoms with van der Waals surface area (Å²) in [7, 11) is 0. The van der Waals surface area contributed by atoms with Crippen LogP contribution in [0.15, 0.2) is 0 Å². The lowest BCUT2D eigenvalue weighted by Crippen LogP contribution is -2.57. The lowest BCUT2D eigenvalue weighted by molar-refractivity contribution is -0.195. The number of esters is 2. The minimum Gasteiger partial charge on any atom is -0.459 e. The van der Waals surface area contributed by atoms with Gasteiger partial charge >= 0.3 is 11.9 Å². The first-order valence-electron chi connectivity index (χ1n) is 14.8. The first-order chi connectivity index (χ1) is 16.5. The highest BCUT2D eigenvalue weighted by Crippen LogP contribution is 2.68. The summed E-state index contributed by atoms with van der Waals surface area (Å²) in [6.45, 7) is 15.3. The van der Waals surface area contributed by atoms with Crippen molar-refractivity contribution in [1.82, 2.24) is 0 Å². The molecule has 0 aromatic rings. The van der Waals surface area contributed by atoms with Crippen molar-refractivity contribution >= 4 is 11.9 Å². The first-order valence-corrected chi connectivity index (χ1v) is 14.8. The van der Waals surface area contributed by atoms with Gasteiger partial charge in [-0.05, 0) is 104 Å². The first kappa shape index (κ1) is 27.0. The van der Waals surface area contributed by atoms with Crippen molar-refractivity contribution in [3.63, 3.8) is 0 Å². The number of ether oxygens (including phenoxy) is 2. The molecule has 4 heteroatoms. The van der Waals surface area contributed by atoms with Crippen molar-refractivity contribution in [2.24, 2.45) is 52.3 Å². The molecule has 0 spiro atoms. The quantitative estimate of drug-likeness (QED) is 0.347. The third-order valence-electron chi connectivity index (χ3n) is 11.5. The van der Waals surface area contributed by atoms with Crippen molar-refractivity contribution in [2.45, 2.75) is 131 Å². The van der Waals surface area contributed by atoms with Crippen molar-refractivity contribution < 1.29 is 19.1 Å². The second kappa shape index (κ2) is 10.4. The Morgan fingerprint density at radius 2 is 1.49 bits per heavy atom. The SMILES string of the molecule is CC(=O)O[C@@H]1C[C@@H]2CC[C@H]3[C@H](CC[C@@]4(C)[C@@H]([C@H](C)CCCC(C)C)CC[C@@H]34)[C@@]2(C)C[C@H]1OC(C)=O. The molecule has 4 aliphatic carbocycles. The van der Waals surface area contributed by atoms with E-state index in [-0.39, 0.29) is 29.6 Å². The number of carbonyl (C=O) groups is 2. The molecule has 35 heavy (non-hydrogen) atoms. The maximum atomic E-state index is 11.9. The van der Waals surface area contributed by atoms with Crippen molar-refractivity contribution in [1.29, 1.82) is 0 Å². The molecule has 4 nitrogen and oxygen atoms in total. The topological polar surface area (TPSA) is 52.6 Å². The van der Waals surface area contributed by atoms with Gasteiger partial charge < -0.3 is 9.47 Å². The van der Waals surface area contributed by atoms with Crippen LogP contribution in [-0.4, -0.2) is 24.1 Å². The van der Waals surface area contributed by atoms with E-state index in [0.717, 1.165) is 42.4 Å². The van der Waals surface area contributed by atoms with Crippen molar-refractivity contribution in [3.8, 4) is 0 Å². The molecule has 0 unspecified atom stereocenters. The van der Waals surface area contributed by atoms with E-state index in [1.54, 1.807) is 0 Å². The highest BCUT2D eigenvalue weighted by Gasteiger charge is 2.62. The molecule has 0 bridgehead atoms. The second-order valence-electron chi connectivity index (χ2n) is 13.9. The maximum absolute atomic E-state index is 11.9. The molecule has 0 heterocycles. The summed E-state index contributed by atoms with van der Waals surface area (Å²) in [5.74, 6) is 4.88. The van der Waals surface area contributed by atoms with Crippen LogP contribution in [-0.2, 0) is 19.1 Å². The van der Waals surface area contributed by atoms with E-state index in [1.807, 2.05) is 0 Å². The van der Waals surface area contributed by atoms with Gasteiger partial charge in [0.1, 0.15) is 12.2 Å². The summed E-state index contributed by atoms with van der Waals surface area (Å²) >= 11 is 0. The van der Waals surface area contributed by atoms with Gasteiger partial charge in [0.15, 0.2) is 0 Å².